The fourth-order valence-corrected chi connectivity index (χ4v) is 3.22. The molecule has 1 aromatic rings. The van der Waals surface area contributed by atoms with Crippen molar-refractivity contribution in [3.05, 3.63) is 59.9 Å². The van der Waals surface area contributed by atoms with E-state index in [1.165, 1.54) is 0 Å². The Morgan fingerprint density at radius 2 is 1.91 bits per heavy atom. The zero-order valence-electron chi connectivity index (χ0n) is 12.5. The molecule has 2 aliphatic rings. The van der Waals surface area contributed by atoms with Crippen LogP contribution in [-0.4, -0.2) is 29.9 Å². The number of esters is 1. The molecule has 4 heteroatoms. The largest absolute Gasteiger partial charge is 0.512 e. The standard InChI is InChI=1S/C18H20O4/c1-2-14(13-6-4-3-5-7-13)16-15(19)12-18(22-17(16)20)8-10-21-11-9-18/h2-7,14,19H,1,8-12H2/t14-/m0/s1. The Morgan fingerprint density at radius 3 is 2.50 bits per heavy atom. The molecule has 22 heavy (non-hydrogen) atoms. The van der Waals surface area contributed by atoms with Crippen LogP contribution in [-0.2, 0) is 14.3 Å². The molecule has 1 saturated heterocycles. The number of hydrogen-bond donors (Lipinski definition) is 1. The van der Waals surface area contributed by atoms with Gasteiger partial charge in [0.1, 0.15) is 11.4 Å². The van der Waals surface area contributed by atoms with Crippen LogP contribution in [0.1, 0.15) is 30.7 Å². The summed E-state index contributed by atoms with van der Waals surface area (Å²) in [4.78, 5) is 12.5. The summed E-state index contributed by atoms with van der Waals surface area (Å²) in [6.07, 6.45) is 3.28. The van der Waals surface area contributed by atoms with Gasteiger partial charge in [-0.05, 0) is 5.56 Å². The number of carbonyl (C=O) groups is 1. The summed E-state index contributed by atoms with van der Waals surface area (Å²) in [5.74, 6) is -0.683. The quantitative estimate of drug-likeness (QED) is 0.687. The van der Waals surface area contributed by atoms with E-state index in [2.05, 4.69) is 6.58 Å². The first-order chi connectivity index (χ1) is 10.7. The maximum absolute atomic E-state index is 12.5. The molecule has 0 saturated carbocycles. The van der Waals surface area contributed by atoms with Crippen molar-refractivity contribution >= 4 is 5.97 Å². The van der Waals surface area contributed by atoms with E-state index in [1.807, 2.05) is 30.3 Å². The van der Waals surface area contributed by atoms with Gasteiger partial charge in [0.2, 0.25) is 0 Å². The van der Waals surface area contributed by atoms with Crippen molar-refractivity contribution in [1.82, 2.24) is 0 Å². The van der Waals surface area contributed by atoms with Crippen molar-refractivity contribution in [2.24, 2.45) is 0 Å². The number of benzene rings is 1. The first-order valence-corrected chi connectivity index (χ1v) is 7.56. The number of hydrogen-bond acceptors (Lipinski definition) is 4. The number of aliphatic hydroxyl groups excluding tert-OH is 1. The summed E-state index contributed by atoms with van der Waals surface area (Å²) in [5, 5.41) is 10.5. The van der Waals surface area contributed by atoms with E-state index in [0.717, 1.165) is 5.56 Å². The monoisotopic (exact) mass is 300 g/mol. The molecule has 0 aliphatic carbocycles. The Morgan fingerprint density at radius 1 is 1.23 bits per heavy atom. The van der Waals surface area contributed by atoms with Gasteiger partial charge in [-0.25, -0.2) is 4.79 Å². The van der Waals surface area contributed by atoms with E-state index >= 15 is 0 Å². The van der Waals surface area contributed by atoms with Crippen LogP contribution in [0.25, 0.3) is 0 Å². The lowest BCUT2D eigenvalue weighted by Gasteiger charge is -2.40. The number of carbonyl (C=O) groups excluding carboxylic acids is 1. The molecular weight excluding hydrogens is 280 g/mol. The summed E-state index contributed by atoms with van der Waals surface area (Å²) in [5.41, 5.74) is 0.614. The first-order valence-electron chi connectivity index (χ1n) is 7.56. The Kier molecular flexibility index (Phi) is 4.03. The summed E-state index contributed by atoms with van der Waals surface area (Å²) < 4.78 is 11.0. The Balaban J connectivity index is 1.94. The van der Waals surface area contributed by atoms with Gasteiger partial charge >= 0.3 is 5.97 Å². The molecule has 1 atom stereocenters. The number of aliphatic hydroxyl groups is 1. The lowest BCUT2D eigenvalue weighted by molar-refractivity contribution is -0.169. The van der Waals surface area contributed by atoms with Gasteiger partial charge in [0.15, 0.2) is 0 Å². The van der Waals surface area contributed by atoms with E-state index in [9.17, 15) is 9.90 Å². The fraction of sp³-hybridized carbons (Fsp3) is 0.389. The number of allylic oxidation sites excluding steroid dienone is 1. The van der Waals surface area contributed by atoms with E-state index in [4.69, 9.17) is 9.47 Å². The van der Waals surface area contributed by atoms with Gasteiger partial charge in [-0.3, -0.25) is 0 Å². The van der Waals surface area contributed by atoms with Crippen LogP contribution in [0.5, 0.6) is 0 Å². The third-order valence-corrected chi connectivity index (χ3v) is 4.44. The van der Waals surface area contributed by atoms with Gasteiger partial charge < -0.3 is 14.6 Å². The van der Waals surface area contributed by atoms with Crippen molar-refractivity contribution in [1.29, 1.82) is 0 Å². The third kappa shape index (κ3) is 2.66. The van der Waals surface area contributed by atoms with Crippen LogP contribution in [0, 0.1) is 0 Å². The minimum absolute atomic E-state index is 0.118. The lowest BCUT2D eigenvalue weighted by atomic mass is 9.82. The number of ether oxygens (including phenoxy) is 2. The van der Waals surface area contributed by atoms with Gasteiger partial charge in [-0.1, -0.05) is 36.4 Å². The molecule has 1 spiro atoms. The molecule has 1 fully saturated rings. The topological polar surface area (TPSA) is 55.8 Å². The van der Waals surface area contributed by atoms with E-state index in [-0.39, 0.29) is 11.7 Å². The van der Waals surface area contributed by atoms with E-state index < -0.39 is 11.6 Å². The predicted octanol–water partition coefficient (Wildman–Crippen LogP) is 3.26. The minimum Gasteiger partial charge on any atom is -0.512 e. The van der Waals surface area contributed by atoms with Crippen molar-refractivity contribution in [2.45, 2.75) is 30.8 Å². The highest BCUT2D eigenvalue weighted by atomic mass is 16.6. The second-order valence-electron chi connectivity index (χ2n) is 5.85. The van der Waals surface area contributed by atoms with Crippen molar-refractivity contribution < 1.29 is 19.4 Å². The maximum Gasteiger partial charge on any atom is 0.338 e. The third-order valence-electron chi connectivity index (χ3n) is 4.44. The van der Waals surface area contributed by atoms with E-state index in [0.29, 0.717) is 38.0 Å². The van der Waals surface area contributed by atoms with Gasteiger partial charge in [-0.15, -0.1) is 6.58 Å². The minimum atomic E-state index is -0.606. The van der Waals surface area contributed by atoms with Crippen LogP contribution in [0.15, 0.2) is 54.3 Å². The van der Waals surface area contributed by atoms with Crippen LogP contribution in [0.3, 0.4) is 0 Å². The van der Waals surface area contributed by atoms with E-state index in [1.54, 1.807) is 6.08 Å². The van der Waals surface area contributed by atoms with Gasteiger partial charge in [0.25, 0.3) is 0 Å². The summed E-state index contributed by atoms with van der Waals surface area (Å²) in [7, 11) is 0. The molecule has 3 rings (SSSR count). The normalized spacial score (nSPS) is 22.3. The van der Waals surface area contributed by atoms with Crippen molar-refractivity contribution in [2.75, 3.05) is 13.2 Å². The van der Waals surface area contributed by atoms with Crippen LogP contribution >= 0.6 is 0 Å². The highest BCUT2D eigenvalue weighted by Crippen LogP contribution is 2.41. The zero-order chi connectivity index (χ0) is 15.6. The Labute approximate surface area is 130 Å². The zero-order valence-corrected chi connectivity index (χ0v) is 12.5. The first kappa shape index (κ1) is 14.9. The lowest BCUT2D eigenvalue weighted by Crippen LogP contribution is -2.45. The second-order valence-corrected chi connectivity index (χ2v) is 5.85. The predicted molar refractivity (Wildman–Crippen MR) is 82.5 cm³/mol. The molecule has 0 unspecified atom stereocenters. The highest BCUT2D eigenvalue weighted by Gasteiger charge is 2.44. The molecule has 1 N–H and O–H groups in total. The molecule has 0 aromatic heterocycles. The molecule has 2 heterocycles. The molecule has 0 radical (unpaired) electrons. The SMILES string of the molecule is C=C[C@H](C1=C(O)CC2(CCOCC2)OC1=O)c1ccccc1. The molecule has 116 valence electrons. The molecular formula is C18H20O4. The van der Waals surface area contributed by atoms with Crippen LogP contribution < -0.4 is 0 Å². The van der Waals surface area contributed by atoms with Gasteiger partial charge in [0, 0.05) is 25.2 Å². The summed E-state index contributed by atoms with van der Waals surface area (Å²) in [6, 6.07) is 9.54. The molecule has 4 nitrogen and oxygen atoms in total. The average molecular weight is 300 g/mol. The van der Waals surface area contributed by atoms with Gasteiger partial charge in [-0.2, -0.15) is 0 Å². The Hall–Kier alpha value is -2.07. The smallest absolute Gasteiger partial charge is 0.338 e. The molecule has 0 amide bonds. The van der Waals surface area contributed by atoms with Crippen LogP contribution in [0.2, 0.25) is 0 Å². The van der Waals surface area contributed by atoms with Gasteiger partial charge in [0.05, 0.1) is 18.8 Å². The average Bonchev–Trinajstić information content (AvgIpc) is 2.52. The molecule has 1 aromatic carbocycles. The summed E-state index contributed by atoms with van der Waals surface area (Å²) >= 11 is 0. The summed E-state index contributed by atoms with van der Waals surface area (Å²) in [6.45, 7) is 4.92. The highest BCUT2D eigenvalue weighted by molar-refractivity contribution is 5.92. The van der Waals surface area contributed by atoms with Crippen molar-refractivity contribution in [3.8, 4) is 0 Å². The molecule has 0 bridgehead atoms. The van der Waals surface area contributed by atoms with Crippen LogP contribution in [0.4, 0.5) is 0 Å². The maximum atomic E-state index is 12.5. The fourth-order valence-electron chi connectivity index (χ4n) is 3.22. The second kappa shape index (κ2) is 5.97. The number of rotatable bonds is 3. The molecule has 2 aliphatic heterocycles. The Bertz CT molecular complexity index is 597. The van der Waals surface area contributed by atoms with Crippen molar-refractivity contribution in [3.63, 3.8) is 0 Å².